The highest BCUT2D eigenvalue weighted by atomic mass is 19.1. The summed E-state index contributed by atoms with van der Waals surface area (Å²) in [5.41, 5.74) is 0. The third-order valence-electron chi connectivity index (χ3n) is 3.39. The van der Waals surface area contributed by atoms with Gasteiger partial charge >= 0.3 is 0 Å². The number of amides is 1. The lowest BCUT2D eigenvalue weighted by molar-refractivity contribution is -0.126. The fourth-order valence-electron chi connectivity index (χ4n) is 2.38. The maximum atomic E-state index is 13.5. The zero-order valence-electron chi connectivity index (χ0n) is 8.92. The number of carbonyl (C=O) groups excluding carboxylic acids is 1. The largest absolute Gasteiger partial charge is 0.350 e. The summed E-state index contributed by atoms with van der Waals surface area (Å²) in [6.45, 7) is 0. The van der Waals surface area contributed by atoms with Crippen LogP contribution in [-0.2, 0) is 4.79 Å². The number of halogens is 1. The summed E-state index contributed by atoms with van der Waals surface area (Å²) < 4.78 is 13.5. The molecule has 0 bridgehead atoms. The van der Waals surface area contributed by atoms with Crippen molar-refractivity contribution >= 4 is 5.91 Å². The van der Waals surface area contributed by atoms with Gasteiger partial charge in [-0.3, -0.25) is 4.79 Å². The zero-order valence-corrected chi connectivity index (χ0v) is 8.92. The number of nitrogens with one attached hydrogen (secondary N) is 1. The van der Waals surface area contributed by atoms with Crippen molar-refractivity contribution in [2.45, 2.75) is 50.7 Å². The highest BCUT2D eigenvalue weighted by Gasteiger charge is 2.28. The molecule has 0 radical (unpaired) electrons. The van der Waals surface area contributed by atoms with Gasteiger partial charge in [0.1, 0.15) is 6.17 Å². The SMILES string of the molecule is O=C(N[C@@H]1CCCC[C@H]1F)C1CC=CC1. The lowest BCUT2D eigenvalue weighted by atomic mass is 9.93. The van der Waals surface area contributed by atoms with Crippen LogP contribution in [0, 0.1) is 5.92 Å². The van der Waals surface area contributed by atoms with E-state index in [1.807, 2.05) is 12.2 Å². The van der Waals surface area contributed by atoms with E-state index in [9.17, 15) is 9.18 Å². The van der Waals surface area contributed by atoms with Gasteiger partial charge in [-0.05, 0) is 25.7 Å². The molecule has 3 heteroatoms. The minimum Gasteiger partial charge on any atom is -0.350 e. The molecule has 0 unspecified atom stereocenters. The van der Waals surface area contributed by atoms with Crippen LogP contribution in [0.5, 0.6) is 0 Å². The van der Waals surface area contributed by atoms with Gasteiger partial charge in [-0.25, -0.2) is 4.39 Å². The van der Waals surface area contributed by atoms with E-state index in [4.69, 9.17) is 0 Å². The Morgan fingerprint density at radius 3 is 2.53 bits per heavy atom. The summed E-state index contributed by atoms with van der Waals surface area (Å²) in [5, 5.41) is 2.86. The minimum absolute atomic E-state index is 0.0366. The van der Waals surface area contributed by atoms with Crippen molar-refractivity contribution in [2.24, 2.45) is 5.92 Å². The third-order valence-corrected chi connectivity index (χ3v) is 3.39. The van der Waals surface area contributed by atoms with Crippen LogP contribution in [0.3, 0.4) is 0 Å². The van der Waals surface area contributed by atoms with Gasteiger partial charge in [-0.15, -0.1) is 0 Å². The molecule has 1 amide bonds. The minimum atomic E-state index is -0.836. The first-order valence-corrected chi connectivity index (χ1v) is 5.87. The van der Waals surface area contributed by atoms with Gasteiger partial charge in [-0.2, -0.15) is 0 Å². The first-order valence-electron chi connectivity index (χ1n) is 5.87. The van der Waals surface area contributed by atoms with Gasteiger partial charge in [0, 0.05) is 5.92 Å². The summed E-state index contributed by atoms with van der Waals surface area (Å²) in [4.78, 5) is 11.7. The first-order chi connectivity index (χ1) is 7.27. The molecule has 1 fully saturated rings. The first kappa shape index (κ1) is 10.7. The quantitative estimate of drug-likeness (QED) is 0.698. The van der Waals surface area contributed by atoms with Gasteiger partial charge in [0.15, 0.2) is 0 Å². The molecule has 2 aliphatic rings. The molecule has 1 N–H and O–H groups in total. The average Bonchev–Trinajstić information content (AvgIpc) is 2.74. The van der Waals surface area contributed by atoms with Crippen LogP contribution < -0.4 is 5.32 Å². The van der Waals surface area contributed by atoms with Crippen molar-refractivity contribution in [1.82, 2.24) is 5.32 Å². The molecule has 1 saturated carbocycles. The Kier molecular flexibility index (Phi) is 3.39. The fraction of sp³-hybridized carbons (Fsp3) is 0.750. The maximum absolute atomic E-state index is 13.5. The molecule has 0 aromatic heterocycles. The summed E-state index contributed by atoms with van der Waals surface area (Å²) in [6.07, 6.45) is 8.24. The van der Waals surface area contributed by atoms with Crippen molar-refractivity contribution in [3.63, 3.8) is 0 Å². The van der Waals surface area contributed by atoms with Crippen molar-refractivity contribution in [3.05, 3.63) is 12.2 Å². The normalized spacial score (nSPS) is 31.8. The summed E-state index contributed by atoms with van der Waals surface area (Å²) in [6, 6.07) is -0.230. The van der Waals surface area contributed by atoms with Crippen LogP contribution in [0.25, 0.3) is 0 Å². The van der Waals surface area contributed by atoms with Gasteiger partial charge in [-0.1, -0.05) is 25.0 Å². The van der Waals surface area contributed by atoms with Crippen LogP contribution in [0.2, 0.25) is 0 Å². The van der Waals surface area contributed by atoms with E-state index in [-0.39, 0.29) is 17.9 Å². The Morgan fingerprint density at radius 1 is 1.20 bits per heavy atom. The van der Waals surface area contributed by atoms with Gasteiger partial charge in [0.05, 0.1) is 6.04 Å². The van der Waals surface area contributed by atoms with Gasteiger partial charge in [0.2, 0.25) is 5.91 Å². The third kappa shape index (κ3) is 2.58. The molecule has 0 aromatic carbocycles. The molecule has 0 heterocycles. The Balaban J connectivity index is 1.82. The lowest BCUT2D eigenvalue weighted by Crippen LogP contribution is -2.45. The Labute approximate surface area is 89.9 Å². The highest BCUT2D eigenvalue weighted by Crippen LogP contribution is 2.23. The average molecular weight is 211 g/mol. The smallest absolute Gasteiger partial charge is 0.224 e. The van der Waals surface area contributed by atoms with E-state index < -0.39 is 6.17 Å². The summed E-state index contributed by atoms with van der Waals surface area (Å²) >= 11 is 0. The maximum Gasteiger partial charge on any atom is 0.224 e. The second kappa shape index (κ2) is 4.77. The molecule has 84 valence electrons. The standard InChI is InChI=1S/C12H18FNO/c13-10-7-3-4-8-11(10)14-12(15)9-5-1-2-6-9/h1-2,9-11H,3-8H2,(H,14,15)/t10-,11-/m1/s1. The molecule has 2 aliphatic carbocycles. The van der Waals surface area contributed by atoms with Crippen molar-refractivity contribution in [1.29, 1.82) is 0 Å². The molecule has 0 aliphatic heterocycles. The van der Waals surface area contributed by atoms with E-state index >= 15 is 0 Å². The Hall–Kier alpha value is -0.860. The molecule has 2 rings (SSSR count). The van der Waals surface area contributed by atoms with Crippen LogP contribution >= 0.6 is 0 Å². The number of allylic oxidation sites excluding steroid dienone is 2. The molecular formula is C12H18FNO. The van der Waals surface area contributed by atoms with E-state index in [1.54, 1.807) is 0 Å². The van der Waals surface area contributed by atoms with Gasteiger partial charge in [0.25, 0.3) is 0 Å². The molecule has 2 nitrogen and oxygen atoms in total. The van der Waals surface area contributed by atoms with Gasteiger partial charge < -0.3 is 5.32 Å². The molecular weight excluding hydrogens is 193 g/mol. The van der Waals surface area contributed by atoms with Crippen LogP contribution in [-0.4, -0.2) is 18.1 Å². The Morgan fingerprint density at radius 2 is 1.87 bits per heavy atom. The van der Waals surface area contributed by atoms with E-state index in [2.05, 4.69) is 5.32 Å². The highest BCUT2D eigenvalue weighted by molar-refractivity contribution is 5.79. The summed E-state index contributed by atoms with van der Waals surface area (Å²) in [5.74, 6) is 0.0914. The van der Waals surface area contributed by atoms with E-state index in [1.165, 1.54) is 0 Å². The van der Waals surface area contributed by atoms with E-state index in [0.717, 1.165) is 32.1 Å². The molecule has 0 aromatic rings. The second-order valence-corrected chi connectivity index (χ2v) is 4.56. The predicted octanol–water partition coefficient (Wildman–Crippen LogP) is 2.35. The van der Waals surface area contributed by atoms with Crippen molar-refractivity contribution in [3.8, 4) is 0 Å². The van der Waals surface area contributed by atoms with Crippen LogP contribution in [0.4, 0.5) is 4.39 Å². The molecule has 2 atom stereocenters. The molecule has 0 saturated heterocycles. The number of carbonyl (C=O) groups is 1. The second-order valence-electron chi connectivity index (χ2n) is 4.56. The number of rotatable bonds is 2. The Bertz CT molecular complexity index is 256. The zero-order chi connectivity index (χ0) is 10.7. The van der Waals surface area contributed by atoms with Crippen molar-refractivity contribution in [2.75, 3.05) is 0 Å². The number of hydrogen-bond acceptors (Lipinski definition) is 1. The van der Waals surface area contributed by atoms with Crippen LogP contribution in [0.15, 0.2) is 12.2 Å². The topological polar surface area (TPSA) is 29.1 Å². The molecule has 15 heavy (non-hydrogen) atoms. The number of alkyl halides is 1. The summed E-state index contributed by atoms with van der Waals surface area (Å²) in [7, 11) is 0. The van der Waals surface area contributed by atoms with Crippen LogP contribution in [0.1, 0.15) is 38.5 Å². The number of hydrogen-bond donors (Lipinski definition) is 1. The van der Waals surface area contributed by atoms with Crippen molar-refractivity contribution < 1.29 is 9.18 Å². The lowest BCUT2D eigenvalue weighted by Gasteiger charge is -2.27. The fourth-order valence-corrected chi connectivity index (χ4v) is 2.38. The predicted molar refractivity (Wildman–Crippen MR) is 57.2 cm³/mol. The molecule has 0 spiro atoms. The van der Waals surface area contributed by atoms with E-state index in [0.29, 0.717) is 6.42 Å². The monoisotopic (exact) mass is 211 g/mol.